The maximum atomic E-state index is 9.13. The highest BCUT2D eigenvalue weighted by atomic mass is 16.5. The van der Waals surface area contributed by atoms with Crippen LogP contribution in [0.3, 0.4) is 0 Å². The largest absolute Gasteiger partial charge is 0.396 e. The van der Waals surface area contributed by atoms with Crippen molar-refractivity contribution in [3.63, 3.8) is 0 Å². The summed E-state index contributed by atoms with van der Waals surface area (Å²) in [6, 6.07) is 0. The van der Waals surface area contributed by atoms with Crippen molar-refractivity contribution in [1.82, 2.24) is 15.1 Å². The number of aryl methyl sites for hydroxylation is 2. The number of hydrogen-bond acceptors (Lipinski definition) is 4. The lowest BCUT2D eigenvalue weighted by molar-refractivity contribution is 0.146. The summed E-state index contributed by atoms with van der Waals surface area (Å²) in [5.74, 6) is 0. The highest BCUT2D eigenvalue weighted by Gasteiger charge is 2.33. The Bertz CT molecular complexity index is 370. The van der Waals surface area contributed by atoms with Gasteiger partial charge in [-0.2, -0.15) is 5.10 Å². The molecule has 0 aliphatic carbocycles. The number of aliphatic hydroxyl groups excluding tert-OH is 1. The second-order valence-corrected chi connectivity index (χ2v) is 4.84. The Hall–Kier alpha value is -0.910. The van der Waals surface area contributed by atoms with Gasteiger partial charge in [0, 0.05) is 38.5 Å². The van der Waals surface area contributed by atoms with Crippen LogP contribution >= 0.6 is 0 Å². The lowest BCUT2D eigenvalue weighted by Gasteiger charge is -2.27. The molecule has 1 aromatic rings. The van der Waals surface area contributed by atoms with Crippen molar-refractivity contribution in [1.29, 1.82) is 0 Å². The zero-order chi connectivity index (χ0) is 12.3. The molecule has 0 amide bonds. The number of nitrogens with zero attached hydrogens (tertiary/aromatic N) is 2. The Labute approximate surface area is 102 Å². The summed E-state index contributed by atoms with van der Waals surface area (Å²) in [7, 11) is 1.93. The Morgan fingerprint density at radius 2 is 2.47 bits per heavy atom. The third-order valence-electron chi connectivity index (χ3n) is 3.44. The zero-order valence-electron chi connectivity index (χ0n) is 10.6. The van der Waals surface area contributed by atoms with E-state index in [1.165, 1.54) is 5.56 Å². The summed E-state index contributed by atoms with van der Waals surface area (Å²) in [6.07, 6.45) is 3.71. The van der Waals surface area contributed by atoms with Crippen LogP contribution in [0.15, 0.2) is 6.20 Å². The van der Waals surface area contributed by atoms with Crippen LogP contribution in [0, 0.1) is 6.92 Å². The van der Waals surface area contributed by atoms with E-state index in [-0.39, 0.29) is 12.1 Å². The van der Waals surface area contributed by atoms with Crippen molar-refractivity contribution in [3.8, 4) is 0 Å². The van der Waals surface area contributed by atoms with Gasteiger partial charge in [0.2, 0.25) is 0 Å². The topological polar surface area (TPSA) is 59.3 Å². The quantitative estimate of drug-likeness (QED) is 0.779. The van der Waals surface area contributed by atoms with Gasteiger partial charge in [-0.1, -0.05) is 0 Å². The van der Waals surface area contributed by atoms with Crippen LogP contribution in [0.2, 0.25) is 0 Å². The van der Waals surface area contributed by atoms with Gasteiger partial charge in [-0.3, -0.25) is 4.68 Å². The van der Waals surface area contributed by atoms with E-state index in [4.69, 9.17) is 9.84 Å². The van der Waals surface area contributed by atoms with Crippen molar-refractivity contribution < 1.29 is 9.84 Å². The van der Waals surface area contributed by atoms with Crippen LogP contribution in [0.5, 0.6) is 0 Å². The van der Waals surface area contributed by atoms with Crippen LogP contribution in [0.4, 0.5) is 0 Å². The van der Waals surface area contributed by atoms with Crippen LogP contribution in [-0.4, -0.2) is 40.2 Å². The van der Waals surface area contributed by atoms with Crippen LogP contribution in [-0.2, 0) is 18.3 Å². The van der Waals surface area contributed by atoms with E-state index >= 15 is 0 Å². The predicted octanol–water partition coefficient (Wildman–Crippen LogP) is 0.360. The number of aliphatic hydroxyl groups is 1. The minimum Gasteiger partial charge on any atom is -0.396 e. The number of nitrogens with one attached hydrogen (secondary N) is 1. The minimum atomic E-state index is -0.0707. The van der Waals surface area contributed by atoms with Gasteiger partial charge >= 0.3 is 0 Å². The van der Waals surface area contributed by atoms with Gasteiger partial charge in [0.15, 0.2) is 0 Å². The van der Waals surface area contributed by atoms with Crippen LogP contribution in [0.1, 0.15) is 24.1 Å². The summed E-state index contributed by atoms with van der Waals surface area (Å²) in [6.45, 7) is 4.44. The monoisotopic (exact) mass is 239 g/mol. The third-order valence-corrected chi connectivity index (χ3v) is 3.44. The van der Waals surface area contributed by atoms with Gasteiger partial charge in [-0.15, -0.1) is 0 Å². The summed E-state index contributed by atoms with van der Waals surface area (Å²) in [5.41, 5.74) is 2.19. The number of ether oxygens (including phenoxy) is 1. The number of hydrogen-bond donors (Lipinski definition) is 2. The standard InChI is InChI=1S/C12H21N3O2/c1-10-8-15(2)14-11(10)7-13-12(3-5-16)4-6-17-9-12/h8,13,16H,3-7,9H2,1-2H3. The fraction of sp³-hybridized carbons (Fsp3) is 0.750. The summed E-state index contributed by atoms with van der Waals surface area (Å²) < 4.78 is 7.27. The van der Waals surface area contributed by atoms with Crippen molar-refractivity contribution in [3.05, 3.63) is 17.5 Å². The first-order chi connectivity index (χ1) is 8.15. The Morgan fingerprint density at radius 3 is 3.00 bits per heavy atom. The van der Waals surface area contributed by atoms with E-state index in [1.54, 1.807) is 0 Å². The fourth-order valence-electron chi connectivity index (χ4n) is 2.35. The molecule has 0 aromatic carbocycles. The molecule has 96 valence electrons. The van der Waals surface area contributed by atoms with Gasteiger partial charge in [0.05, 0.1) is 12.3 Å². The van der Waals surface area contributed by atoms with E-state index in [0.29, 0.717) is 6.61 Å². The van der Waals surface area contributed by atoms with E-state index in [9.17, 15) is 0 Å². The SMILES string of the molecule is Cc1cn(C)nc1CNC1(CCO)CCOC1. The number of rotatable bonds is 5. The highest BCUT2D eigenvalue weighted by Crippen LogP contribution is 2.23. The highest BCUT2D eigenvalue weighted by molar-refractivity contribution is 5.15. The molecule has 1 aliphatic heterocycles. The van der Waals surface area contributed by atoms with E-state index in [1.807, 2.05) is 17.9 Å². The Kier molecular flexibility index (Phi) is 3.81. The van der Waals surface area contributed by atoms with Gasteiger partial charge in [0.1, 0.15) is 0 Å². The molecule has 1 atom stereocenters. The second-order valence-electron chi connectivity index (χ2n) is 4.84. The molecule has 1 unspecified atom stereocenters. The molecular formula is C12H21N3O2. The van der Waals surface area contributed by atoms with Crippen molar-refractivity contribution in [2.75, 3.05) is 19.8 Å². The molecule has 0 radical (unpaired) electrons. The summed E-state index contributed by atoms with van der Waals surface area (Å²) in [5, 5.41) is 17.1. The van der Waals surface area contributed by atoms with Crippen LogP contribution in [0.25, 0.3) is 0 Å². The van der Waals surface area contributed by atoms with Crippen molar-refractivity contribution >= 4 is 0 Å². The van der Waals surface area contributed by atoms with Crippen molar-refractivity contribution in [2.45, 2.75) is 31.8 Å². The van der Waals surface area contributed by atoms with Crippen molar-refractivity contribution in [2.24, 2.45) is 7.05 Å². The van der Waals surface area contributed by atoms with Gasteiger partial charge in [-0.05, 0) is 25.3 Å². The molecule has 0 bridgehead atoms. The van der Waals surface area contributed by atoms with Crippen LogP contribution < -0.4 is 5.32 Å². The smallest absolute Gasteiger partial charge is 0.0791 e. The van der Waals surface area contributed by atoms with Gasteiger partial charge in [-0.25, -0.2) is 0 Å². The van der Waals surface area contributed by atoms with E-state index < -0.39 is 0 Å². The molecule has 2 rings (SSSR count). The molecule has 0 spiro atoms. The fourth-order valence-corrected chi connectivity index (χ4v) is 2.35. The first-order valence-electron chi connectivity index (χ1n) is 6.08. The first-order valence-corrected chi connectivity index (χ1v) is 6.08. The van der Waals surface area contributed by atoms with E-state index in [0.717, 1.165) is 31.7 Å². The molecule has 5 heteroatoms. The maximum absolute atomic E-state index is 9.13. The van der Waals surface area contributed by atoms with Gasteiger partial charge < -0.3 is 15.2 Å². The third kappa shape index (κ3) is 2.86. The molecular weight excluding hydrogens is 218 g/mol. The molecule has 1 aromatic heterocycles. The lowest BCUT2D eigenvalue weighted by atomic mass is 9.94. The molecule has 2 heterocycles. The summed E-state index contributed by atoms with van der Waals surface area (Å²) >= 11 is 0. The van der Waals surface area contributed by atoms with E-state index in [2.05, 4.69) is 17.3 Å². The second kappa shape index (κ2) is 5.16. The average molecular weight is 239 g/mol. The maximum Gasteiger partial charge on any atom is 0.0791 e. The molecule has 5 nitrogen and oxygen atoms in total. The Morgan fingerprint density at radius 1 is 1.65 bits per heavy atom. The summed E-state index contributed by atoms with van der Waals surface area (Å²) in [4.78, 5) is 0. The van der Waals surface area contributed by atoms with Gasteiger partial charge in [0.25, 0.3) is 0 Å². The first kappa shape index (κ1) is 12.5. The number of aromatic nitrogens is 2. The molecule has 17 heavy (non-hydrogen) atoms. The molecule has 1 aliphatic rings. The predicted molar refractivity (Wildman–Crippen MR) is 64.7 cm³/mol. The Balaban J connectivity index is 1.98. The average Bonchev–Trinajstić information content (AvgIpc) is 2.84. The zero-order valence-corrected chi connectivity index (χ0v) is 10.6. The molecule has 1 saturated heterocycles. The molecule has 0 saturated carbocycles. The minimum absolute atomic E-state index is 0.0707. The lowest BCUT2D eigenvalue weighted by Crippen LogP contribution is -2.46. The molecule has 2 N–H and O–H groups in total. The normalized spacial score (nSPS) is 24.4. The molecule has 1 fully saturated rings.